The molecule has 3 heterocycles. The number of hydrogen-bond acceptors (Lipinski definition) is 2. The van der Waals surface area contributed by atoms with Crippen LogP contribution in [0.1, 0.15) is 37.3 Å². The Morgan fingerprint density at radius 3 is 2.39 bits per heavy atom. The van der Waals surface area contributed by atoms with Crippen molar-refractivity contribution in [1.29, 1.82) is 0 Å². The topological polar surface area (TPSA) is 16.1 Å². The van der Waals surface area contributed by atoms with Crippen molar-refractivity contribution >= 4 is 23.2 Å². The van der Waals surface area contributed by atoms with E-state index < -0.39 is 0 Å². The lowest BCUT2D eigenvalue weighted by atomic mass is 9.91. The van der Waals surface area contributed by atoms with Crippen LogP contribution in [0.4, 0.5) is 0 Å². The Bertz CT molecular complexity index is 841. The molecule has 0 aliphatic carbocycles. The molecule has 0 bridgehead atoms. The van der Waals surface area contributed by atoms with Gasteiger partial charge in [0.1, 0.15) is 0 Å². The minimum absolute atomic E-state index is 0. The molecule has 1 aromatic heterocycles. The predicted molar refractivity (Wildman–Crippen MR) is 121 cm³/mol. The first-order valence-electron chi connectivity index (χ1n) is 10.4. The molecule has 0 saturated carbocycles. The van der Waals surface area contributed by atoms with Gasteiger partial charge in [-0.3, -0.25) is 4.98 Å². The first-order valence-corrected chi connectivity index (χ1v) is 10.4. The van der Waals surface area contributed by atoms with E-state index in [0.717, 1.165) is 18.9 Å². The van der Waals surface area contributed by atoms with Crippen LogP contribution in [0.15, 0.2) is 67.0 Å². The van der Waals surface area contributed by atoms with Crippen molar-refractivity contribution in [2.45, 2.75) is 45.1 Å². The summed E-state index contributed by atoms with van der Waals surface area (Å²) in [5.74, 6) is 0.674. The van der Waals surface area contributed by atoms with Crippen LogP contribution in [0.5, 0.6) is 0 Å². The van der Waals surface area contributed by atoms with Gasteiger partial charge in [-0.1, -0.05) is 55.5 Å². The summed E-state index contributed by atoms with van der Waals surface area (Å²) < 4.78 is 0. The summed E-state index contributed by atoms with van der Waals surface area (Å²) in [6.45, 7) is 5.12. The van der Waals surface area contributed by atoms with Gasteiger partial charge in [0, 0.05) is 18.4 Å². The maximum absolute atomic E-state index is 4.20. The molecule has 1 atom stereocenters. The van der Waals surface area contributed by atoms with Crippen LogP contribution >= 0.6 is 12.4 Å². The standard InChI is InChI=1S/C20H21N.C5H9N.ClH/c1-16(14-17-6-5-13-21-15-17)11-12-19-9-4-8-18-7-2-3-10-20(18)19;1-3-6-4-2-5(1)6;/h2-10,13,15-16H,11-12,14H2,1H3;5H,1-4H2;1H. The summed E-state index contributed by atoms with van der Waals surface area (Å²) in [6.07, 6.45) is 10.3. The Kier molecular flexibility index (Phi) is 7.47. The zero-order valence-electron chi connectivity index (χ0n) is 16.8. The van der Waals surface area contributed by atoms with E-state index in [4.69, 9.17) is 0 Å². The molecule has 148 valence electrons. The lowest BCUT2D eigenvalue weighted by Crippen LogP contribution is -2.57. The molecule has 2 aromatic carbocycles. The van der Waals surface area contributed by atoms with Crippen molar-refractivity contribution in [3.8, 4) is 0 Å². The number of aromatic nitrogens is 1. The number of benzene rings is 2. The molecule has 3 heteroatoms. The van der Waals surface area contributed by atoms with E-state index in [1.54, 1.807) is 0 Å². The van der Waals surface area contributed by atoms with Crippen LogP contribution < -0.4 is 0 Å². The third kappa shape index (κ3) is 5.12. The Balaban J connectivity index is 0.000000270. The van der Waals surface area contributed by atoms with Gasteiger partial charge in [0.15, 0.2) is 0 Å². The van der Waals surface area contributed by atoms with Crippen LogP contribution in [0, 0.1) is 5.92 Å². The fourth-order valence-corrected chi connectivity index (χ4v) is 4.18. The lowest BCUT2D eigenvalue weighted by Gasteiger charge is -2.50. The number of pyridine rings is 1. The Labute approximate surface area is 175 Å². The minimum atomic E-state index is 0. The molecular formula is C25H31ClN2. The third-order valence-electron chi connectivity index (χ3n) is 6.11. The summed E-state index contributed by atoms with van der Waals surface area (Å²) in [6, 6.07) is 20.5. The third-order valence-corrected chi connectivity index (χ3v) is 6.11. The van der Waals surface area contributed by atoms with E-state index in [2.05, 4.69) is 65.3 Å². The molecule has 0 radical (unpaired) electrons. The quantitative estimate of drug-likeness (QED) is 0.532. The zero-order chi connectivity index (χ0) is 18.5. The number of rotatable bonds is 5. The Morgan fingerprint density at radius 1 is 1.00 bits per heavy atom. The molecule has 5 rings (SSSR count). The lowest BCUT2D eigenvalue weighted by molar-refractivity contribution is -0.00222. The molecule has 2 saturated heterocycles. The number of hydrogen-bond donors (Lipinski definition) is 0. The maximum atomic E-state index is 4.20. The first-order chi connectivity index (χ1) is 13.3. The molecule has 2 aliphatic rings. The average molecular weight is 395 g/mol. The highest BCUT2D eigenvalue weighted by Gasteiger charge is 2.34. The summed E-state index contributed by atoms with van der Waals surface area (Å²) in [5, 5.41) is 2.74. The number of piperidine rings is 1. The Hall–Kier alpha value is -1.90. The highest BCUT2D eigenvalue weighted by molar-refractivity contribution is 5.86. The van der Waals surface area contributed by atoms with E-state index in [9.17, 15) is 0 Å². The van der Waals surface area contributed by atoms with Crippen LogP contribution in [0.3, 0.4) is 0 Å². The average Bonchev–Trinajstić information content (AvgIpc) is 2.70. The number of halogens is 1. The maximum Gasteiger partial charge on any atom is 0.0299 e. The largest absolute Gasteiger partial charge is 0.300 e. The highest BCUT2D eigenvalue weighted by atomic mass is 35.5. The van der Waals surface area contributed by atoms with E-state index in [0.29, 0.717) is 5.92 Å². The molecule has 1 unspecified atom stereocenters. The normalized spacial score (nSPS) is 16.6. The molecule has 2 fully saturated rings. The van der Waals surface area contributed by atoms with Crippen molar-refractivity contribution in [3.63, 3.8) is 0 Å². The summed E-state index contributed by atoms with van der Waals surface area (Å²) in [5.41, 5.74) is 2.80. The van der Waals surface area contributed by atoms with Gasteiger partial charge in [0.2, 0.25) is 0 Å². The molecule has 2 nitrogen and oxygen atoms in total. The monoisotopic (exact) mass is 394 g/mol. The van der Waals surface area contributed by atoms with E-state index in [-0.39, 0.29) is 12.4 Å². The van der Waals surface area contributed by atoms with Gasteiger partial charge >= 0.3 is 0 Å². The first kappa shape index (κ1) is 20.8. The van der Waals surface area contributed by atoms with E-state index in [1.807, 2.05) is 18.5 Å². The number of aryl methyl sites for hydroxylation is 1. The van der Waals surface area contributed by atoms with Crippen LogP contribution in [0.2, 0.25) is 0 Å². The van der Waals surface area contributed by atoms with Crippen molar-refractivity contribution in [1.82, 2.24) is 9.88 Å². The van der Waals surface area contributed by atoms with Crippen molar-refractivity contribution in [2.75, 3.05) is 13.1 Å². The fraction of sp³-hybridized carbons (Fsp3) is 0.400. The molecule has 0 N–H and O–H groups in total. The predicted octanol–water partition coefficient (Wildman–Crippen LogP) is 5.93. The van der Waals surface area contributed by atoms with Gasteiger partial charge < -0.3 is 4.90 Å². The Morgan fingerprint density at radius 2 is 1.75 bits per heavy atom. The number of fused-ring (bicyclic) bond motifs is 2. The molecule has 0 amide bonds. The second-order valence-electron chi connectivity index (χ2n) is 8.11. The van der Waals surface area contributed by atoms with Crippen LogP contribution in [0.25, 0.3) is 10.8 Å². The van der Waals surface area contributed by atoms with Gasteiger partial charge in [-0.05, 0) is 79.1 Å². The van der Waals surface area contributed by atoms with Gasteiger partial charge in [-0.2, -0.15) is 0 Å². The van der Waals surface area contributed by atoms with E-state index in [1.165, 1.54) is 54.3 Å². The summed E-state index contributed by atoms with van der Waals surface area (Å²) >= 11 is 0. The molecular weight excluding hydrogens is 364 g/mol. The van der Waals surface area contributed by atoms with Crippen molar-refractivity contribution in [3.05, 3.63) is 78.1 Å². The molecule has 28 heavy (non-hydrogen) atoms. The van der Waals surface area contributed by atoms with Gasteiger partial charge in [0.25, 0.3) is 0 Å². The molecule has 0 spiro atoms. The van der Waals surface area contributed by atoms with Crippen molar-refractivity contribution < 1.29 is 0 Å². The van der Waals surface area contributed by atoms with Gasteiger partial charge in [-0.25, -0.2) is 0 Å². The minimum Gasteiger partial charge on any atom is -0.300 e. The SMILES string of the molecule is C1CN2CCC12.CC(CCc1cccc2ccccc12)Cc1cccnc1.Cl. The summed E-state index contributed by atoms with van der Waals surface area (Å²) in [4.78, 5) is 6.72. The second-order valence-corrected chi connectivity index (χ2v) is 8.11. The van der Waals surface area contributed by atoms with Crippen molar-refractivity contribution in [2.24, 2.45) is 5.92 Å². The summed E-state index contributed by atoms with van der Waals surface area (Å²) in [7, 11) is 0. The van der Waals surface area contributed by atoms with Crippen LogP contribution in [-0.4, -0.2) is 29.0 Å². The second kappa shape index (κ2) is 10.0. The highest BCUT2D eigenvalue weighted by Crippen LogP contribution is 2.28. The smallest absolute Gasteiger partial charge is 0.0299 e. The van der Waals surface area contributed by atoms with E-state index >= 15 is 0 Å². The van der Waals surface area contributed by atoms with Gasteiger partial charge in [0.05, 0.1) is 0 Å². The fourth-order valence-electron chi connectivity index (χ4n) is 4.18. The molecule has 2 aliphatic heterocycles. The zero-order valence-corrected chi connectivity index (χ0v) is 17.6. The van der Waals surface area contributed by atoms with Gasteiger partial charge in [-0.15, -0.1) is 12.4 Å². The molecule has 3 aromatic rings. The van der Waals surface area contributed by atoms with Crippen LogP contribution in [-0.2, 0) is 12.8 Å². The number of nitrogens with zero attached hydrogens (tertiary/aromatic N) is 2.